The Kier molecular flexibility index (Phi) is 6.82. The Bertz CT molecular complexity index is 1130. The molecule has 2 saturated heterocycles. The number of carbonyl (C=O) groups is 2. The van der Waals surface area contributed by atoms with Crippen LogP contribution in [0.5, 0.6) is 5.75 Å². The van der Waals surface area contributed by atoms with Crippen molar-refractivity contribution < 1.29 is 14.3 Å². The summed E-state index contributed by atoms with van der Waals surface area (Å²) < 4.78 is 5.67. The number of piperidine rings is 1. The highest BCUT2D eigenvalue weighted by atomic mass is 16.5. The number of nitrogens with one attached hydrogen (secondary N) is 1. The summed E-state index contributed by atoms with van der Waals surface area (Å²) in [6.07, 6.45) is 2.03. The quantitative estimate of drug-likeness (QED) is 0.574. The fraction of sp³-hybridized carbons (Fsp3) is 0.310. The molecule has 2 aliphatic rings. The third-order valence-corrected chi connectivity index (χ3v) is 7.04. The number of carbonyl (C=O) groups excluding carboxylic acids is 2. The Morgan fingerprint density at radius 2 is 1.43 bits per heavy atom. The lowest BCUT2D eigenvalue weighted by atomic mass is 9.95. The standard InChI is InChI=1S/C29H31N3O3/c33-27(22-35-25-14-8-3-9-15-25)31-18-16-29(17-19-31)30-26(20-23-10-4-1-5-11-23)28(34)32(29)21-24-12-6-2-7-13-24/h1-15,26,30H,16-22H2/t26-/m0/s1. The molecule has 35 heavy (non-hydrogen) atoms. The second kappa shape index (κ2) is 10.3. The van der Waals surface area contributed by atoms with Gasteiger partial charge in [-0.05, 0) is 29.7 Å². The van der Waals surface area contributed by atoms with Gasteiger partial charge in [0.25, 0.3) is 5.91 Å². The maximum Gasteiger partial charge on any atom is 0.260 e. The number of likely N-dealkylation sites (tertiary alicyclic amines) is 1. The molecule has 6 heteroatoms. The zero-order chi connectivity index (χ0) is 24.1. The van der Waals surface area contributed by atoms with Crippen LogP contribution in [0.1, 0.15) is 24.0 Å². The molecule has 0 aromatic heterocycles. The van der Waals surface area contributed by atoms with Crippen molar-refractivity contribution in [3.63, 3.8) is 0 Å². The number of ether oxygens (including phenoxy) is 1. The Morgan fingerprint density at radius 1 is 0.857 bits per heavy atom. The second-order valence-corrected chi connectivity index (χ2v) is 9.31. The minimum absolute atomic E-state index is 0.0216. The lowest BCUT2D eigenvalue weighted by Crippen LogP contribution is -2.59. The van der Waals surface area contributed by atoms with Crippen LogP contribution in [-0.4, -0.2) is 53.0 Å². The average molecular weight is 470 g/mol. The third-order valence-electron chi connectivity index (χ3n) is 7.04. The smallest absolute Gasteiger partial charge is 0.260 e. The minimum Gasteiger partial charge on any atom is -0.484 e. The molecule has 3 aromatic rings. The lowest BCUT2D eigenvalue weighted by molar-refractivity contribution is -0.139. The number of nitrogens with zero attached hydrogens (tertiary/aromatic N) is 2. The summed E-state index contributed by atoms with van der Waals surface area (Å²) >= 11 is 0. The highest BCUT2D eigenvalue weighted by molar-refractivity contribution is 5.85. The van der Waals surface area contributed by atoms with E-state index in [2.05, 4.69) is 29.6 Å². The zero-order valence-electron chi connectivity index (χ0n) is 19.8. The molecular formula is C29H31N3O3. The lowest BCUT2D eigenvalue weighted by Gasteiger charge is -2.44. The van der Waals surface area contributed by atoms with Gasteiger partial charge in [0.1, 0.15) is 5.75 Å². The van der Waals surface area contributed by atoms with Crippen molar-refractivity contribution in [2.45, 2.75) is 37.5 Å². The van der Waals surface area contributed by atoms with Gasteiger partial charge in [-0.2, -0.15) is 0 Å². The maximum atomic E-state index is 13.6. The largest absolute Gasteiger partial charge is 0.484 e. The second-order valence-electron chi connectivity index (χ2n) is 9.31. The van der Waals surface area contributed by atoms with Gasteiger partial charge < -0.3 is 14.5 Å². The summed E-state index contributed by atoms with van der Waals surface area (Å²) in [5.41, 5.74) is 1.79. The first kappa shape index (κ1) is 23.1. The van der Waals surface area contributed by atoms with Crippen LogP contribution in [0.15, 0.2) is 91.0 Å². The third kappa shape index (κ3) is 5.23. The van der Waals surface area contributed by atoms with Crippen LogP contribution in [0.2, 0.25) is 0 Å². The van der Waals surface area contributed by atoms with Gasteiger partial charge in [0.15, 0.2) is 6.61 Å². The SMILES string of the molecule is O=C(COc1ccccc1)N1CCC2(CC1)N[C@@H](Cc1ccccc1)C(=O)N2Cc1ccccc1. The van der Waals surface area contributed by atoms with Gasteiger partial charge in [0.05, 0.1) is 11.7 Å². The first-order valence-electron chi connectivity index (χ1n) is 12.3. The van der Waals surface area contributed by atoms with Crippen LogP contribution in [0.3, 0.4) is 0 Å². The van der Waals surface area contributed by atoms with E-state index in [1.165, 1.54) is 0 Å². The van der Waals surface area contributed by atoms with E-state index in [0.717, 1.165) is 11.1 Å². The van der Waals surface area contributed by atoms with E-state index in [9.17, 15) is 9.59 Å². The minimum atomic E-state index is -0.455. The van der Waals surface area contributed by atoms with Crippen molar-refractivity contribution in [1.82, 2.24) is 15.1 Å². The Balaban J connectivity index is 1.28. The number of hydrogen-bond donors (Lipinski definition) is 1. The maximum absolute atomic E-state index is 13.6. The van der Waals surface area contributed by atoms with E-state index in [1.54, 1.807) is 0 Å². The van der Waals surface area contributed by atoms with E-state index in [4.69, 9.17) is 4.74 Å². The molecule has 3 aromatic carbocycles. The molecule has 5 rings (SSSR count). The predicted octanol–water partition coefficient (Wildman–Crippen LogP) is 3.63. The van der Waals surface area contributed by atoms with Gasteiger partial charge in [-0.1, -0.05) is 78.9 Å². The highest BCUT2D eigenvalue weighted by Gasteiger charge is 2.51. The fourth-order valence-corrected chi connectivity index (χ4v) is 5.14. The summed E-state index contributed by atoms with van der Waals surface area (Å²) in [7, 11) is 0. The van der Waals surface area contributed by atoms with Crippen LogP contribution in [-0.2, 0) is 22.6 Å². The van der Waals surface area contributed by atoms with Gasteiger partial charge in [0, 0.05) is 32.5 Å². The van der Waals surface area contributed by atoms with Crippen LogP contribution in [0.4, 0.5) is 0 Å². The van der Waals surface area contributed by atoms with Crippen molar-refractivity contribution >= 4 is 11.8 Å². The molecule has 180 valence electrons. The monoisotopic (exact) mass is 469 g/mol. The van der Waals surface area contributed by atoms with E-state index in [0.29, 0.717) is 44.6 Å². The van der Waals surface area contributed by atoms with Crippen molar-refractivity contribution in [3.8, 4) is 5.75 Å². The predicted molar refractivity (Wildman–Crippen MR) is 135 cm³/mol. The first-order chi connectivity index (χ1) is 17.1. The fourth-order valence-electron chi connectivity index (χ4n) is 5.14. The van der Waals surface area contributed by atoms with Crippen molar-refractivity contribution in [2.24, 2.45) is 0 Å². The Morgan fingerprint density at radius 3 is 2.06 bits per heavy atom. The molecule has 0 aliphatic carbocycles. The summed E-state index contributed by atoms with van der Waals surface area (Å²) in [5.74, 6) is 0.795. The molecule has 2 aliphatic heterocycles. The first-order valence-corrected chi connectivity index (χ1v) is 12.3. The number of amides is 2. The molecule has 2 heterocycles. The van der Waals surface area contributed by atoms with Crippen LogP contribution in [0.25, 0.3) is 0 Å². The van der Waals surface area contributed by atoms with Crippen molar-refractivity contribution in [1.29, 1.82) is 0 Å². The summed E-state index contributed by atoms with van der Waals surface area (Å²) in [6.45, 7) is 1.75. The van der Waals surface area contributed by atoms with E-state index in [-0.39, 0.29) is 24.5 Å². The number of rotatable bonds is 7. The van der Waals surface area contributed by atoms with Crippen molar-refractivity contribution in [3.05, 3.63) is 102 Å². The Labute approximate surface area is 206 Å². The molecule has 6 nitrogen and oxygen atoms in total. The van der Waals surface area contributed by atoms with Gasteiger partial charge in [0.2, 0.25) is 5.91 Å². The summed E-state index contributed by atoms with van der Waals surface area (Å²) in [5, 5.41) is 3.70. The van der Waals surface area contributed by atoms with Crippen molar-refractivity contribution in [2.75, 3.05) is 19.7 Å². The Hall–Kier alpha value is -3.64. The number of benzene rings is 3. The molecule has 1 atom stereocenters. The highest BCUT2D eigenvalue weighted by Crippen LogP contribution is 2.34. The molecular weight excluding hydrogens is 438 g/mol. The van der Waals surface area contributed by atoms with E-state index < -0.39 is 5.66 Å². The molecule has 0 radical (unpaired) electrons. The summed E-state index contributed by atoms with van der Waals surface area (Å²) in [6, 6.07) is 29.4. The van der Waals surface area contributed by atoms with Crippen LogP contribution in [0, 0.1) is 0 Å². The molecule has 0 bridgehead atoms. The number of hydrogen-bond acceptors (Lipinski definition) is 4. The van der Waals surface area contributed by atoms with Crippen LogP contribution >= 0.6 is 0 Å². The van der Waals surface area contributed by atoms with E-state index >= 15 is 0 Å². The number of para-hydroxylation sites is 1. The molecule has 2 amide bonds. The van der Waals surface area contributed by atoms with Gasteiger partial charge in [-0.25, -0.2) is 0 Å². The van der Waals surface area contributed by atoms with Crippen LogP contribution < -0.4 is 10.1 Å². The van der Waals surface area contributed by atoms with Gasteiger partial charge >= 0.3 is 0 Å². The molecule has 1 N–H and O–H groups in total. The normalized spacial score (nSPS) is 19.2. The topological polar surface area (TPSA) is 61.9 Å². The molecule has 1 spiro atoms. The molecule has 0 saturated carbocycles. The molecule has 0 unspecified atom stereocenters. The molecule has 2 fully saturated rings. The average Bonchev–Trinajstić information content (AvgIpc) is 3.14. The van der Waals surface area contributed by atoms with Gasteiger partial charge in [-0.3, -0.25) is 14.9 Å². The summed E-state index contributed by atoms with van der Waals surface area (Å²) in [4.78, 5) is 30.3. The van der Waals surface area contributed by atoms with E-state index in [1.807, 2.05) is 76.5 Å². The van der Waals surface area contributed by atoms with Gasteiger partial charge in [-0.15, -0.1) is 0 Å². The zero-order valence-corrected chi connectivity index (χ0v) is 19.8.